The second-order valence-electron chi connectivity index (χ2n) is 4.19. The first kappa shape index (κ1) is 11.4. The lowest BCUT2D eigenvalue weighted by molar-refractivity contribution is 0.0961. The predicted molar refractivity (Wildman–Crippen MR) is 75.0 cm³/mol. The summed E-state index contributed by atoms with van der Waals surface area (Å²) in [6.45, 7) is 0. The van der Waals surface area contributed by atoms with Crippen LogP contribution in [0.2, 0.25) is 0 Å². The van der Waals surface area contributed by atoms with E-state index in [2.05, 4.69) is 12.1 Å². The van der Waals surface area contributed by atoms with Gasteiger partial charge in [-0.1, -0.05) is 24.3 Å². The van der Waals surface area contributed by atoms with Crippen LogP contribution in [0.3, 0.4) is 0 Å². The largest absolute Gasteiger partial charge is 0.278 e. The van der Waals surface area contributed by atoms with Gasteiger partial charge < -0.3 is 0 Å². The number of hydrogen-bond acceptors (Lipinski definition) is 2. The molecule has 1 aliphatic rings. The quantitative estimate of drug-likeness (QED) is 0.719. The van der Waals surface area contributed by atoms with Gasteiger partial charge in [-0.15, -0.1) is 11.8 Å². The molecule has 0 saturated heterocycles. The molecule has 3 heteroatoms. The highest BCUT2D eigenvalue weighted by Gasteiger charge is 2.09. The molecule has 18 heavy (non-hydrogen) atoms. The molecule has 0 fully saturated rings. The fourth-order valence-corrected chi connectivity index (χ4v) is 3.09. The number of rotatable bonds is 0. The van der Waals surface area contributed by atoms with Gasteiger partial charge in [0, 0.05) is 18.0 Å². The van der Waals surface area contributed by atoms with Crippen molar-refractivity contribution < 1.29 is 4.79 Å². The third kappa shape index (κ3) is 2.14. The lowest BCUT2D eigenvalue weighted by Gasteiger charge is -2.10. The lowest BCUT2D eigenvalue weighted by Crippen LogP contribution is -2.08. The molecule has 0 unspecified atom stereocenters. The van der Waals surface area contributed by atoms with Crippen LogP contribution in [0.5, 0.6) is 0 Å². The number of benzene rings is 1. The van der Waals surface area contributed by atoms with Gasteiger partial charge in [-0.05, 0) is 35.8 Å². The molecule has 0 atom stereocenters. The van der Waals surface area contributed by atoms with Crippen molar-refractivity contribution in [1.29, 1.82) is 0 Å². The normalized spacial score (nSPS) is 16.8. The van der Waals surface area contributed by atoms with Crippen molar-refractivity contribution in [2.75, 3.05) is 5.75 Å². The standard InChI is InChI=1S/C15H13NOS/c17-14-8-7-12-4-1-2-5-13(12)9-11-18-15-6-3-10-16(14)15/h1-8,10H,9,11H2/b8-7-. The minimum absolute atomic E-state index is 0.0132. The maximum atomic E-state index is 12.1. The topological polar surface area (TPSA) is 22.0 Å². The number of carbonyl (C=O) groups excluding carboxylic acids is 1. The van der Waals surface area contributed by atoms with Crippen molar-refractivity contribution in [3.63, 3.8) is 0 Å². The second-order valence-corrected chi connectivity index (χ2v) is 5.30. The first-order chi connectivity index (χ1) is 8.84. The summed E-state index contributed by atoms with van der Waals surface area (Å²) in [5, 5.41) is 1.02. The minimum atomic E-state index is 0.0132. The Hall–Kier alpha value is -1.74. The van der Waals surface area contributed by atoms with Crippen LogP contribution in [0.15, 0.2) is 53.7 Å². The monoisotopic (exact) mass is 255 g/mol. The van der Waals surface area contributed by atoms with Gasteiger partial charge in [-0.25, -0.2) is 0 Å². The highest BCUT2D eigenvalue weighted by atomic mass is 32.2. The molecule has 1 aromatic heterocycles. The van der Waals surface area contributed by atoms with E-state index < -0.39 is 0 Å². The Kier molecular flexibility index (Phi) is 3.07. The summed E-state index contributed by atoms with van der Waals surface area (Å²) in [5.41, 5.74) is 2.44. The van der Waals surface area contributed by atoms with E-state index in [0.29, 0.717) is 0 Å². The van der Waals surface area contributed by atoms with Gasteiger partial charge in [0.25, 0.3) is 5.91 Å². The number of hydrogen-bond donors (Lipinski definition) is 0. The average Bonchev–Trinajstić information content (AvgIpc) is 2.85. The maximum Gasteiger partial charge on any atom is 0.255 e. The number of thioether (sulfide) groups is 1. The second kappa shape index (κ2) is 4.86. The first-order valence-electron chi connectivity index (χ1n) is 5.95. The highest BCUT2D eigenvalue weighted by molar-refractivity contribution is 7.99. The number of nitrogens with zero attached hydrogens (tertiary/aromatic N) is 1. The highest BCUT2D eigenvalue weighted by Crippen LogP contribution is 2.23. The Labute approximate surface area is 110 Å². The fraction of sp³-hybridized carbons (Fsp3) is 0.133. The SMILES string of the molecule is O=C1/C=C\c2ccccc2CCSc2cccn21. The molecule has 0 saturated carbocycles. The van der Waals surface area contributed by atoms with Crippen molar-refractivity contribution in [3.8, 4) is 0 Å². The van der Waals surface area contributed by atoms with Crippen LogP contribution < -0.4 is 0 Å². The van der Waals surface area contributed by atoms with E-state index >= 15 is 0 Å². The van der Waals surface area contributed by atoms with Crippen LogP contribution in [0, 0.1) is 0 Å². The molecule has 0 amide bonds. The Morgan fingerprint density at radius 1 is 1.06 bits per heavy atom. The summed E-state index contributed by atoms with van der Waals surface area (Å²) in [6.07, 6.45) is 6.40. The molecule has 2 nitrogen and oxygen atoms in total. The number of fused-ring (bicyclic) bond motifs is 2. The van der Waals surface area contributed by atoms with Crippen molar-refractivity contribution >= 4 is 23.7 Å². The summed E-state index contributed by atoms with van der Waals surface area (Å²) < 4.78 is 1.70. The molecule has 0 N–H and O–H groups in total. The third-order valence-electron chi connectivity index (χ3n) is 3.03. The minimum Gasteiger partial charge on any atom is -0.278 e. The Morgan fingerprint density at radius 3 is 2.89 bits per heavy atom. The van der Waals surface area contributed by atoms with Crippen molar-refractivity contribution in [3.05, 3.63) is 59.8 Å². The molecule has 0 bridgehead atoms. The van der Waals surface area contributed by atoms with Gasteiger partial charge in [-0.2, -0.15) is 0 Å². The predicted octanol–water partition coefficient (Wildman–Crippen LogP) is 3.49. The molecule has 90 valence electrons. The maximum absolute atomic E-state index is 12.1. The van der Waals surface area contributed by atoms with Gasteiger partial charge in [0.05, 0.1) is 5.03 Å². The molecule has 1 aromatic carbocycles. The molecule has 1 aliphatic heterocycles. The van der Waals surface area contributed by atoms with E-state index in [4.69, 9.17) is 0 Å². The summed E-state index contributed by atoms with van der Waals surface area (Å²) in [4.78, 5) is 12.1. The zero-order chi connectivity index (χ0) is 12.4. The van der Waals surface area contributed by atoms with E-state index in [9.17, 15) is 4.79 Å². The van der Waals surface area contributed by atoms with E-state index in [0.717, 1.165) is 22.8 Å². The Bertz CT molecular complexity index is 612. The summed E-state index contributed by atoms with van der Waals surface area (Å²) >= 11 is 1.73. The number of aromatic nitrogens is 1. The van der Waals surface area contributed by atoms with Crippen LogP contribution in [0.4, 0.5) is 0 Å². The van der Waals surface area contributed by atoms with E-state index in [1.807, 2.05) is 36.5 Å². The van der Waals surface area contributed by atoms with Crippen molar-refractivity contribution in [2.45, 2.75) is 11.4 Å². The van der Waals surface area contributed by atoms with E-state index in [1.165, 1.54) is 5.56 Å². The Balaban J connectivity index is 2.03. The van der Waals surface area contributed by atoms with E-state index in [-0.39, 0.29) is 5.91 Å². The lowest BCUT2D eigenvalue weighted by atomic mass is 10.0. The molecular formula is C15H13NOS. The van der Waals surface area contributed by atoms with Gasteiger partial charge in [0.1, 0.15) is 0 Å². The van der Waals surface area contributed by atoms with Gasteiger partial charge in [0.2, 0.25) is 0 Å². The number of aryl methyl sites for hydroxylation is 1. The van der Waals surface area contributed by atoms with Crippen molar-refractivity contribution in [1.82, 2.24) is 4.57 Å². The number of allylic oxidation sites excluding steroid dienone is 1. The first-order valence-corrected chi connectivity index (χ1v) is 6.93. The zero-order valence-corrected chi connectivity index (χ0v) is 10.7. The zero-order valence-electron chi connectivity index (χ0n) is 9.87. The molecule has 2 heterocycles. The Morgan fingerprint density at radius 2 is 1.94 bits per heavy atom. The third-order valence-corrected chi connectivity index (χ3v) is 4.07. The number of carbonyl (C=O) groups is 1. The molecule has 3 rings (SSSR count). The summed E-state index contributed by atoms with van der Waals surface area (Å²) in [7, 11) is 0. The van der Waals surface area contributed by atoms with E-state index in [1.54, 1.807) is 22.4 Å². The smallest absolute Gasteiger partial charge is 0.255 e. The molecule has 2 aromatic rings. The van der Waals surface area contributed by atoms with Crippen LogP contribution in [0.1, 0.15) is 15.9 Å². The van der Waals surface area contributed by atoms with Crippen molar-refractivity contribution in [2.24, 2.45) is 0 Å². The fourth-order valence-electron chi connectivity index (χ4n) is 2.10. The molecule has 0 aliphatic carbocycles. The van der Waals surface area contributed by atoms with Gasteiger partial charge in [-0.3, -0.25) is 9.36 Å². The summed E-state index contributed by atoms with van der Waals surface area (Å²) in [6, 6.07) is 12.2. The molecule has 0 radical (unpaired) electrons. The molecule has 0 spiro atoms. The van der Waals surface area contributed by atoms with Crippen LogP contribution >= 0.6 is 11.8 Å². The van der Waals surface area contributed by atoms with Crippen LogP contribution in [-0.2, 0) is 6.42 Å². The van der Waals surface area contributed by atoms with Gasteiger partial charge >= 0.3 is 0 Å². The van der Waals surface area contributed by atoms with Gasteiger partial charge in [0.15, 0.2) is 0 Å². The summed E-state index contributed by atoms with van der Waals surface area (Å²) in [5.74, 6) is 1.00. The van der Waals surface area contributed by atoms with Crippen LogP contribution in [-0.4, -0.2) is 16.2 Å². The molecular weight excluding hydrogens is 242 g/mol. The average molecular weight is 255 g/mol. The van der Waals surface area contributed by atoms with Crippen LogP contribution in [0.25, 0.3) is 6.08 Å².